The Morgan fingerprint density at radius 1 is 1.31 bits per heavy atom. The number of aromatic nitrogens is 4. The van der Waals surface area contributed by atoms with E-state index in [0.717, 1.165) is 18.4 Å². The van der Waals surface area contributed by atoms with Gasteiger partial charge in [0.15, 0.2) is 0 Å². The molecule has 1 fully saturated rings. The molecule has 1 N–H and O–H groups in total. The van der Waals surface area contributed by atoms with Gasteiger partial charge in [-0.25, -0.2) is 9.78 Å². The summed E-state index contributed by atoms with van der Waals surface area (Å²) in [4.78, 5) is 22.9. The van der Waals surface area contributed by atoms with Gasteiger partial charge in [-0.1, -0.05) is 35.5 Å². The second-order valence-electron chi connectivity index (χ2n) is 6.18. The molecule has 134 valence electrons. The Bertz CT molecular complexity index is 894. The Labute approximate surface area is 154 Å². The summed E-state index contributed by atoms with van der Waals surface area (Å²) in [7, 11) is 0. The van der Waals surface area contributed by atoms with Crippen LogP contribution in [0.5, 0.6) is 0 Å². The van der Waals surface area contributed by atoms with E-state index in [0.29, 0.717) is 35.8 Å². The summed E-state index contributed by atoms with van der Waals surface area (Å²) in [5.74, 6) is 1.84. The minimum absolute atomic E-state index is 0.0376. The van der Waals surface area contributed by atoms with E-state index >= 15 is 0 Å². The average Bonchev–Trinajstić information content (AvgIpc) is 3.32. The molecule has 26 heavy (non-hydrogen) atoms. The van der Waals surface area contributed by atoms with Crippen molar-refractivity contribution in [3.63, 3.8) is 0 Å². The number of likely N-dealkylation sites (tertiary alicyclic amines) is 1. The highest BCUT2D eigenvalue weighted by Crippen LogP contribution is 2.28. The van der Waals surface area contributed by atoms with Gasteiger partial charge in [0.05, 0.1) is 5.92 Å². The van der Waals surface area contributed by atoms with Crippen LogP contribution in [-0.2, 0) is 0 Å². The van der Waals surface area contributed by atoms with Gasteiger partial charge in [-0.2, -0.15) is 9.36 Å². The molecule has 1 aliphatic rings. The molecule has 0 unspecified atom stereocenters. The topological polar surface area (TPSA) is 97.0 Å². The van der Waals surface area contributed by atoms with Crippen molar-refractivity contribution in [2.24, 2.45) is 0 Å². The highest BCUT2D eigenvalue weighted by Gasteiger charge is 2.29. The fourth-order valence-electron chi connectivity index (χ4n) is 2.99. The molecule has 0 bridgehead atoms. The minimum atomic E-state index is -0.173. The molecule has 4 rings (SSSR count). The SMILES string of the molecule is Cc1nsc(NC(=O)N2CCC[C@@H](c3nc(-c4ccccc4)no3)C2)n1. The summed E-state index contributed by atoms with van der Waals surface area (Å²) in [5.41, 5.74) is 0.916. The number of hydrogen-bond acceptors (Lipinski definition) is 7. The number of rotatable bonds is 3. The van der Waals surface area contributed by atoms with E-state index in [1.165, 1.54) is 11.5 Å². The number of urea groups is 1. The fraction of sp³-hybridized carbons (Fsp3) is 0.353. The zero-order chi connectivity index (χ0) is 17.9. The molecule has 0 aliphatic carbocycles. The van der Waals surface area contributed by atoms with Crippen LogP contribution in [-0.4, -0.2) is 43.5 Å². The molecule has 1 aliphatic heterocycles. The maximum absolute atomic E-state index is 12.5. The van der Waals surface area contributed by atoms with Crippen molar-refractivity contribution in [1.29, 1.82) is 0 Å². The van der Waals surface area contributed by atoms with Crippen LogP contribution in [0.1, 0.15) is 30.5 Å². The van der Waals surface area contributed by atoms with Gasteiger partial charge < -0.3 is 9.42 Å². The monoisotopic (exact) mass is 370 g/mol. The quantitative estimate of drug-likeness (QED) is 0.760. The van der Waals surface area contributed by atoms with E-state index in [4.69, 9.17) is 4.52 Å². The molecule has 0 spiro atoms. The third kappa shape index (κ3) is 3.57. The number of carbonyl (C=O) groups excluding carboxylic acids is 1. The van der Waals surface area contributed by atoms with Crippen LogP contribution in [0.3, 0.4) is 0 Å². The number of hydrogen-bond donors (Lipinski definition) is 1. The van der Waals surface area contributed by atoms with E-state index in [9.17, 15) is 4.79 Å². The lowest BCUT2D eigenvalue weighted by molar-refractivity contribution is 0.184. The molecular weight excluding hydrogens is 352 g/mol. The molecule has 2 amide bonds. The van der Waals surface area contributed by atoms with Crippen molar-refractivity contribution >= 4 is 22.7 Å². The Kier molecular flexibility index (Phi) is 4.61. The van der Waals surface area contributed by atoms with Gasteiger partial charge >= 0.3 is 6.03 Å². The molecule has 9 heteroatoms. The van der Waals surface area contributed by atoms with Gasteiger partial charge in [-0.15, -0.1) is 0 Å². The minimum Gasteiger partial charge on any atom is -0.339 e. The van der Waals surface area contributed by atoms with Crippen LogP contribution in [0, 0.1) is 6.92 Å². The molecule has 3 aromatic rings. The summed E-state index contributed by atoms with van der Waals surface area (Å²) in [6.45, 7) is 3.03. The fourth-order valence-corrected chi connectivity index (χ4v) is 3.55. The Morgan fingerprint density at radius 2 is 2.15 bits per heavy atom. The number of aryl methyl sites for hydroxylation is 1. The standard InChI is InChI=1S/C17H18N6O2S/c1-11-18-16(26-22-11)20-17(24)23-9-5-8-13(10-23)15-19-14(21-25-15)12-6-3-2-4-7-12/h2-4,6-7,13H,5,8-10H2,1H3,(H,18,20,22,24)/t13-/m1/s1. The zero-order valence-corrected chi connectivity index (χ0v) is 15.1. The molecule has 0 saturated carbocycles. The molecular formula is C17H18N6O2S. The van der Waals surface area contributed by atoms with Crippen molar-refractivity contribution < 1.29 is 9.32 Å². The van der Waals surface area contributed by atoms with Crippen molar-refractivity contribution in [3.05, 3.63) is 42.0 Å². The number of anilines is 1. The Hall–Kier alpha value is -2.81. The number of carbonyl (C=O) groups is 1. The van der Waals surface area contributed by atoms with Crippen LogP contribution in [0.4, 0.5) is 9.93 Å². The van der Waals surface area contributed by atoms with Gasteiger partial charge in [0, 0.05) is 30.2 Å². The lowest BCUT2D eigenvalue weighted by Gasteiger charge is -2.30. The average molecular weight is 370 g/mol. The predicted octanol–water partition coefficient (Wildman–Crippen LogP) is 3.31. The van der Waals surface area contributed by atoms with Gasteiger partial charge in [0.25, 0.3) is 0 Å². The van der Waals surface area contributed by atoms with Crippen LogP contribution < -0.4 is 5.32 Å². The van der Waals surface area contributed by atoms with E-state index < -0.39 is 0 Å². The molecule has 2 aromatic heterocycles. The number of amides is 2. The summed E-state index contributed by atoms with van der Waals surface area (Å²) in [6, 6.07) is 9.54. The summed E-state index contributed by atoms with van der Waals surface area (Å²) in [6.07, 6.45) is 1.80. The van der Waals surface area contributed by atoms with E-state index in [2.05, 4.69) is 24.8 Å². The predicted molar refractivity (Wildman–Crippen MR) is 96.9 cm³/mol. The molecule has 1 aromatic carbocycles. The lowest BCUT2D eigenvalue weighted by Crippen LogP contribution is -2.41. The molecule has 8 nitrogen and oxygen atoms in total. The Morgan fingerprint density at radius 3 is 2.92 bits per heavy atom. The van der Waals surface area contributed by atoms with Crippen LogP contribution in [0.15, 0.2) is 34.9 Å². The Balaban J connectivity index is 1.43. The number of benzene rings is 1. The zero-order valence-electron chi connectivity index (χ0n) is 14.3. The van der Waals surface area contributed by atoms with Crippen LogP contribution in [0.2, 0.25) is 0 Å². The maximum Gasteiger partial charge on any atom is 0.323 e. The second-order valence-corrected chi connectivity index (χ2v) is 6.94. The summed E-state index contributed by atoms with van der Waals surface area (Å²) >= 11 is 1.18. The van der Waals surface area contributed by atoms with Gasteiger partial charge in [-0.05, 0) is 19.8 Å². The first-order valence-electron chi connectivity index (χ1n) is 8.44. The van der Waals surface area contributed by atoms with Gasteiger partial charge in [0.2, 0.25) is 16.8 Å². The highest BCUT2D eigenvalue weighted by atomic mass is 32.1. The van der Waals surface area contributed by atoms with Crippen molar-refractivity contribution in [2.45, 2.75) is 25.7 Å². The van der Waals surface area contributed by atoms with E-state index in [1.807, 2.05) is 30.3 Å². The first kappa shape index (κ1) is 16.6. The third-order valence-electron chi connectivity index (χ3n) is 4.27. The molecule has 0 radical (unpaired) electrons. The van der Waals surface area contributed by atoms with Crippen molar-refractivity contribution in [1.82, 2.24) is 24.4 Å². The molecule has 3 heterocycles. The maximum atomic E-state index is 12.5. The summed E-state index contributed by atoms with van der Waals surface area (Å²) < 4.78 is 9.54. The van der Waals surface area contributed by atoms with Crippen molar-refractivity contribution in [2.75, 3.05) is 18.4 Å². The third-order valence-corrected chi connectivity index (χ3v) is 4.99. The first-order valence-corrected chi connectivity index (χ1v) is 9.21. The normalized spacial score (nSPS) is 17.3. The van der Waals surface area contributed by atoms with Crippen LogP contribution >= 0.6 is 11.5 Å². The largest absolute Gasteiger partial charge is 0.339 e. The number of nitrogens with zero attached hydrogens (tertiary/aromatic N) is 5. The van der Waals surface area contributed by atoms with Gasteiger partial charge in [0.1, 0.15) is 5.82 Å². The first-order chi connectivity index (χ1) is 12.7. The second kappa shape index (κ2) is 7.20. The highest BCUT2D eigenvalue weighted by molar-refractivity contribution is 7.09. The molecule has 1 saturated heterocycles. The molecule has 1 atom stereocenters. The summed E-state index contributed by atoms with van der Waals surface area (Å²) in [5, 5.41) is 7.39. The smallest absolute Gasteiger partial charge is 0.323 e. The van der Waals surface area contributed by atoms with Gasteiger partial charge in [-0.3, -0.25) is 5.32 Å². The van der Waals surface area contributed by atoms with E-state index in [1.54, 1.807) is 11.8 Å². The van der Waals surface area contributed by atoms with Crippen molar-refractivity contribution in [3.8, 4) is 11.4 Å². The number of piperidine rings is 1. The lowest BCUT2D eigenvalue weighted by atomic mass is 9.98. The van der Waals surface area contributed by atoms with E-state index in [-0.39, 0.29) is 11.9 Å². The number of nitrogens with one attached hydrogen (secondary N) is 1. The van der Waals surface area contributed by atoms with Crippen LogP contribution in [0.25, 0.3) is 11.4 Å².